The highest BCUT2D eigenvalue weighted by Gasteiger charge is 2.27. The Balaban J connectivity index is 2.07. The van der Waals surface area contributed by atoms with Crippen LogP contribution in [0.15, 0.2) is 18.2 Å². The fourth-order valence-corrected chi connectivity index (χ4v) is 3.72. The van der Waals surface area contributed by atoms with Crippen LogP contribution in [-0.2, 0) is 9.53 Å². The molecule has 1 aliphatic rings. The summed E-state index contributed by atoms with van der Waals surface area (Å²) in [7, 11) is 0. The van der Waals surface area contributed by atoms with Gasteiger partial charge in [-0.05, 0) is 30.5 Å². The summed E-state index contributed by atoms with van der Waals surface area (Å²) in [5.74, 6) is 0.291. The topological polar surface area (TPSA) is 70.7 Å². The number of nitrogens with zero attached hydrogens (tertiary/aromatic N) is 1. The van der Waals surface area contributed by atoms with Gasteiger partial charge in [-0.2, -0.15) is 0 Å². The average Bonchev–Trinajstić information content (AvgIpc) is 2.67. The molecule has 1 aromatic rings. The molecule has 27 heavy (non-hydrogen) atoms. The molecule has 0 aliphatic carbocycles. The molecule has 1 aliphatic heterocycles. The zero-order chi connectivity index (χ0) is 19.8. The second-order valence-electron chi connectivity index (χ2n) is 7.21. The lowest BCUT2D eigenvalue weighted by molar-refractivity contribution is -0.114. The third-order valence-electron chi connectivity index (χ3n) is 5.39. The van der Waals surface area contributed by atoms with Gasteiger partial charge in [0.15, 0.2) is 0 Å². The molecule has 6 heteroatoms. The van der Waals surface area contributed by atoms with E-state index in [1.807, 2.05) is 13.0 Å². The number of rotatable bonds is 8. The molecule has 1 fully saturated rings. The molecule has 1 atom stereocenters. The van der Waals surface area contributed by atoms with Crippen LogP contribution >= 0.6 is 0 Å². The fourth-order valence-electron chi connectivity index (χ4n) is 3.72. The number of anilines is 1. The Bertz CT molecular complexity index is 638. The summed E-state index contributed by atoms with van der Waals surface area (Å²) >= 11 is 0. The van der Waals surface area contributed by atoms with Crippen molar-refractivity contribution in [3.05, 3.63) is 29.3 Å². The summed E-state index contributed by atoms with van der Waals surface area (Å²) in [4.78, 5) is 26.5. The first kappa shape index (κ1) is 21.4. The molecule has 150 valence electrons. The van der Waals surface area contributed by atoms with Gasteiger partial charge in [0.05, 0.1) is 13.2 Å². The summed E-state index contributed by atoms with van der Waals surface area (Å²) in [5, 5.41) is 5.89. The van der Waals surface area contributed by atoms with Crippen LogP contribution in [0.4, 0.5) is 5.69 Å². The highest BCUT2D eigenvalue weighted by molar-refractivity contribution is 5.97. The predicted octanol–water partition coefficient (Wildman–Crippen LogP) is 2.82. The molecule has 2 N–H and O–H groups in total. The lowest BCUT2D eigenvalue weighted by Crippen LogP contribution is -2.52. The van der Waals surface area contributed by atoms with Crippen molar-refractivity contribution in [2.75, 3.05) is 38.2 Å². The minimum absolute atomic E-state index is 0.106. The maximum Gasteiger partial charge on any atom is 0.251 e. The number of nitrogens with one attached hydrogen (secondary N) is 2. The number of carbonyl (C=O) groups is 2. The summed E-state index contributed by atoms with van der Waals surface area (Å²) in [6, 6.07) is 5.72. The molecular formula is C21H33N3O3. The minimum atomic E-state index is -0.142. The minimum Gasteiger partial charge on any atom is -0.379 e. The van der Waals surface area contributed by atoms with E-state index in [0.29, 0.717) is 29.8 Å². The quantitative estimate of drug-likeness (QED) is 0.733. The van der Waals surface area contributed by atoms with Crippen LogP contribution in [0.2, 0.25) is 0 Å². The molecule has 0 bridgehead atoms. The number of morpholine rings is 1. The first-order chi connectivity index (χ1) is 13.0. The monoisotopic (exact) mass is 375 g/mol. The largest absolute Gasteiger partial charge is 0.379 e. The molecule has 1 heterocycles. The number of carbonyl (C=O) groups excluding carboxylic acids is 2. The summed E-state index contributed by atoms with van der Waals surface area (Å²) in [6.45, 7) is 11.7. The van der Waals surface area contributed by atoms with E-state index in [1.54, 1.807) is 12.1 Å². The Morgan fingerprint density at radius 3 is 2.44 bits per heavy atom. The molecular weight excluding hydrogens is 342 g/mol. The van der Waals surface area contributed by atoms with Crippen molar-refractivity contribution in [1.82, 2.24) is 10.2 Å². The van der Waals surface area contributed by atoms with Gasteiger partial charge in [0.25, 0.3) is 5.91 Å². The Labute approximate surface area is 162 Å². The van der Waals surface area contributed by atoms with Gasteiger partial charge in [0, 0.05) is 43.9 Å². The zero-order valence-corrected chi connectivity index (χ0v) is 17.0. The fraction of sp³-hybridized carbons (Fsp3) is 0.619. The van der Waals surface area contributed by atoms with Gasteiger partial charge in [-0.25, -0.2) is 0 Å². The summed E-state index contributed by atoms with van der Waals surface area (Å²) < 4.78 is 5.48. The van der Waals surface area contributed by atoms with Crippen molar-refractivity contribution in [1.29, 1.82) is 0 Å². The van der Waals surface area contributed by atoms with Gasteiger partial charge in [-0.15, -0.1) is 0 Å². The van der Waals surface area contributed by atoms with E-state index >= 15 is 0 Å². The lowest BCUT2D eigenvalue weighted by atomic mass is 9.92. The SMILES string of the molecule is CCC(CC)C(CNC(=O)c1ccc(C)c(NC(C)=O)c1)N1CCOCC1. The van der Waals surface area contributed by atoms with Crippen molar-refractivity contribution >= 4 is 17.5 Å². The molecule has 2 rings (SSSR count). The predicted molar refractivity (Wildman–Crippen MR) is 108 cm³/mol. The first-order valence-electron chi connectivity index (χ1n) is 9.94. The van der Waals surface area contributed by atoms with Crippen LogP contribution < -0.4 is 10.6 Å². The molecule has 6 nitrogen and oxygen atoms in total. The van der Waals surface area contributed by atoms with Crippen molar-refractivity contribution in [3.8, 4) is 0 Å². The highest BCUT2D eigenvalue weighted by atomic mass is 16.5. The Kier molecular flexibility index (Phi) is 8.25. The van der Waals surface area contributed by atoms with E-state index in [0.717, 1.165) is 44.7 Å². The van der Waals surface area contributed by atoms with Crippen LogP contribution in [0.1, 0.15) is 49.5 Å². The molecule has 0 aromatic heterocycles. The normalized spacial score (nSPS) is 16.2. The Morgan fingerprint density at radius 1 is 1.19 bits per heavy atom. The maximum absolute atomic E-state index is 12.7. The molecule has 1 unspecified atom stereocenters. The first-order valence-corrected chi connectivity index (χ1v) is 9.94. The van der Waals surface area contributed by atoms with Gasteiger partial charge < -0.3 is 15.4 Å². The van der Waals surface area contributed by atoms with E-state index in [4.69, 9.17) is 4.74 Å². The van der Waals surface area contributed by atoms with Crippen molar-refractivity contribution in [2.24, 2.45) is 5.92 Å². The van der Waals surface area contributed by atoms with Gasteiger partial charge in [-0.1, -0.05) is 32.8 Å². The van der Waals surface area contributed by atoms with Gasteiger partial charge in [-0.3, -0.25) is 14.5 Å². The second kappa shape index (κ2) is 10.4. The Morgan fingerprint density at radius 2 is 1.85 bits per heavy atom. The Hall–Kier alpha value is -1.92. The van der Waals surface area contributed by atoms with E-state index in [1.165, 1.54) is 6.92 Å². The van der Waals surface area contributed by atoms with Crippen molar-refractivity contribution < 1.29 is 14.3 Å². The zero-order valence-electron chi connectivity index (χ0n) is 17.0. The van der Waals surface area contributed by atoms with E-state index in [2.05, 4.69) is 29.4 Å². The van der Waals surface area contributed by atoms with E-state index in [9.17, 15) is 9.59 Å². The van der Waals surface area contributed by atoms with Crippen molar-refractivity contribution in [2.45, 2.75) is 46.6 Å². The summed E-state index contributed by atoms with van der Waals surface area (Å²) in [5.41, 5.74) is 2.18. The van der Waals surface area contributed by atoms with E-state index in [-0.39, 0.29) is 11.8 Å². The number of amides is 2. The molecule has 1 saturated heterocycles. The second-order valence-corrected chi connectivity index (χ2v) is 7.21. The molecule has 0 saturated carbocycles. The van der Waals surface area contributed by atoms with Crippen LogP contribution in [0.25, 0.3) is 0 Å². The number of benzene rings is 1. The van der Waals surface area contributed by atoms with Crippen LogP contribution in [0.3, 0.4) is 0 Å². The van der Waals surface area contributed by atoms with E-state index < -0.39 is 0 Å². The molecule has 2 amide bonds. The standard InChI is InChI=1S/C21H33N3O3/c1-5-17(6-2)20(24-9-11-27-12-10-24)14-22-21(26)18-8-7-15(3)19(13-18)23-16(4)25/h7-8,13,17,20H,5-6,9-12,14H2,1-4H3,(H,22,26)(H,23,25). The van der Waals surface area contributed by atoms with Crippen LogP contribution in [0.5, 0.6) is 0 Å². The van der Waals surface area contributed by atoms with Crippen LogP contribution in [-0.4, -0.2) is 55.6 Å². The number of aryl methyl sites for hydroxylation is 1. The van der Waals surface area contributed by atoms with Crippen molar-refractivity contribution in [3.63, 3.8) is 0 Å². The average molecular weight is 376 g/mol. The van der Waals surface area contributed by atoms with Gasteiger partial charge in [0.1, 0.15) is 0 Å². The molecule has 1 aromatic carbocycles. The van der Waals surface area contributed by atoms with Gasteiger partial charge >= 0.3 is 0 Å². The lowest BCUT2D eigenvalue weighted by Gasteiger charge is -2.38. The highest BCUT2D eigenvalue weighted by Crippen LogP contribution is 2.20. The molecule has 0 spiro atoms. The van der Waals surface area contributed by atoms with Gasteiger partial charge in [0.2, 0.25) is 5.91 Å². The number of hydrogen-bond acceptors (Lipinski definition) is 4. The number of ether oxygens (including phenoxy) is 1. The molecule has 0 radical (unpaired) electrons. The number of hydrogen-bond donors (Lipinski definition) is 2. The smallest absolute Gasteiger partial charge is 0.251 e. The third-order valence-corrected chi connectivity index (χ3v) is 5.39. The maximum atomic E-state index is 12.7. The van der Waals surface area contributed by atoms with Crippen LogP contribution in [0, 0.1) is 12.8 Å². The summed E-state index contributed by atoms with van der Waals surface area (Å²) in [6.07, 6.45) is 2.18. The third kappa shape index (κ3) is 6.04.